The molecule has 34 heavy (non-hydrogen) atoms. The van der Waals surface area contributed by atoms with Gasteiger partial charge in [0.15, 0.2) is 0 Å². The van der Waals surface area contributed by atoms with Crippen molar-refractivity contribution in [1.29, 1.82) is 5.26 Å². The van der Waals surface area contributed by atoms with E-state index in [1.165, 1.54) is 5.69 Å². The lowest BCUT2D eigenvalue weighted by Gasteiger charge is -2.36. The van der Waals surface area contributed by atoms with Gasteiger partial charge in [0.25, 0.3) is 0 Å². The number of nitriles is 1. The van der Waals surface area contributed by atoms with Crippen LogP contribution in [0.4, 0.5) is 5.69 Å². The minimum Gasteiger partial charge on any atom is -0.495 e. The average molecular weight is 450 g/mol. The van der Waals surface area contributed by atoms with Crippen LogP contribution in [0.1, 0.15) is 19.4 Å². The van der Waals surface area contributed by atoms with Crippen LogP contribution in [0, 0.1) is 11.3 Å². The molecular weight excluding hydrogens is 422 g/mol. The zero-order valence-electron chi connectivity index (χ0n) is 19.7. The van der Waals surface area contributed by atoms with Gasteiger partial charge >= 0.3 is 0 Å². The molecule has 5 nitrogen and oxygen atoms in total. The minimum absolute atomic E-state index is 0.221. The molecule has 1 saturated heterocycles. The number of para-hydroxylation sites is 1. The zero-order chi connectivity index (χ0) is 23.7. The Kier molecular flexibility index (Phi) is 5.91. The van der Waals surface area contributed by atoms with Crippen molar-refractivity contribution in [2.45, 2.75) is 26.1 Å². The van der Waals surface area contributed by atoms with Gasteiger partial charge in [0.2, 0.25) is 0 Å². The second-order valence-corrected chi connectivity index (χ2v) is 8.81. The fourth-order valence-corrected chi connectivity index (χ4v) is 4.82. The summed E-state index contributed by atoms with van der Waals surface area (Å²) in [4.78, 5) is 7.22. The third-order valence-electron chi connectivity index (χ3n) is 6.34. The highest BCUT2D eigenvalue weighted by Gasteiger charge is 2.22. The van der Waals surface area contributed by atoms with Gasteiger partial charge in [-0.3, -0.25) is 4.98 Å². The number of nitrogens with zero attached hydrogens (tertiary/aromatic N) is 3. The molecule has 1 aliphatic heterocycles. The molecule has 4 aromatic rings. The predicted octanol–water partition coefficient (Wildman–Crippen LogP) is 6.06. The number of fused-ring (bicyclic) bond motifs is 1. The maximum absolute atomic E-state index is 9.11. The topological polar surface area (TPSA) is 58.4 Å². The van der Waals surface area contributed by atoms with Gasteiger partial charge in [0, 0.05) is 41.5 Å². The number of rotatable bonds is 4. The van der Waals surface area contributed by atoms with Crippen LogP contribution >= 0.6 is 0 Å². The van der Waals surface area contributed by atoms with Crippen molar-refractivity contribution >= 4 is 16.6 Å². The van der Waals surface area contributed by atoms with Crippen molar-refractivity contribution in [3.8, 4) is 34.1 Å². The number of morpholine rings is 1. The number of methoxy groups -OCH3 is 1. The molecule has 0 N–H and O–H groups in total. The quantitative estimate of drug-likeness (QED) is 0.379. The molecule has 0 bridgehead atoms. The van der Waals surface area contributed by atoms with Gasteiger partial charge in [-0.25, -0.2) is 0 Å². The molecule has 0 aliphatic carbocycles. The molecule has 5 heteroatoms. The van der Waals surface area contributed by atoms with E-state index in [9.17, 15) is 0 Å². The summed E-state index contributed by atoms with van der Waals surface area (Å²) < 4.78 is 11.8. The molecule has 0 amide bonds. The van der Waals surface area contributed by atoms with Gasteiger partial charge in [0.1, 0.15) is 5.75 Å². The lowest BCUT2D eigenvalue weighted by Crippen LogP contribution is -2.45. The first-order valence-electron chi connectivity index (χ1n) is 11.5. The summed E-state index contributed by atoms with van der Waals surface area (Å²) in [6, 6.07) is 24.5. The van der Waals surface area contributed by atoms with Gasteiger partial charge in [-0.2, -0.15) is 5.26 Å². The highest BCUT2D eigenvalue weighted by atomic mass is 16.5. The molecule has 1 aliphatic rings. The molecule has 2 heterocycles. The predicted molar refractivity (Wildman–Crippen MR) is 136 cm³/mol. The Bertz CT molecular complexity index is 1350. The van der Waals surface area contributed by atoms with Crippen LogP contribution in [0.25, 0.3) is 33.2 Å². The monoisotopic (exact) mass is 449 g/mol. The molecule has 170 valence electrons. The maximum atomic E-state index is 9.11. The van der Waals surface area contributed by atoms with Crippen molar-refractivity contribution in [1.82, 2.24) is 4.98 Å². The molecule has 2 unspecified atom stereocenters. The lowest BCUT2D eigenvalue weighted by molar-refractivity contribution is -0.00521. The van der Waals surface area contributed by atoms with Crippen molar-refractivity contribution < 1.29 is 9.47 Å². The van der Waals surface area contributed by atoms with Gasteiger partial charge in [-0.1, -0.05) is 36.4 Å². The molecule has 3 aromatic carbocycles. The number of benzene rings is 3. The van der Waals surface area contributed by atoms with Crippen LogP contribution in [0.3, 0.4) is 0 Å². The summed E-state index contributed by atoms with van der Waals surface area (Å²) in [7, 11) is 1.71. The molecule has 2 atom stereocenters. The third-order valence-corrected chi connectivity index (χ3v) is 6.34. The molecule has 1 aromatic heterocycles. The SMILES string of the molecule is COc1c(-c2ccc(N3CC(C)OC(C)C3)cc2)cnc2c(-c3ccc(C#N)cc3)cccc12. The number of hydrogen-bond acceptors (Lipinski definition) is 5. The van der Waals surface area contributed by atoms with Crippen molar-refractivity contribution in [2.75, 3.05) is 25.1 Å². The van der Waals surface area contributed by atoms with Crippen LogP contribution in [0.15, 0.2) is 72.9 Å². The average Bonchev–Trinajstić information content (AvgIpc) is 2.87. The highest BCUT2D eigenvalue weighted by Crippen LogP contribution is 2.39. The Morgan fingerprint density at radius 1 is 0.912 bits per heavy atom. The Morgan fingerprint density at radius 3 is 2.21 bits per heavy atom. The van der Waals surface area contributed by atoms with E-state index in [2.05, 4.69) is 55.1 Å². The number of pyridine rings is 1. The second kappa shape index (κ2) is 9.17. The number of anilines is 1. The maximum Gasteiger partial charge on any atom is 0.137 e. The normalized spacial score (nSPS) is 18.0. The Labute approximate surface area is 200 Å². The number of hydrogen-bond donors (Lipinski definition) is 0. The van der Waals surface area contributed by atoms with Gasteiger partial charge in [-0.05, 0) is 55.3 Å². The second-order valence-electron chi connectivity index (χ2n) is 8.81. The molecule has 5 rings (SSSR count). The van der Waals surface area contributed by atoms with E-state index in [-0.39, 0.29) is 12.2 Å². The van der Waals surface area contributed by atoms with E-state index in [4.69, 9.17) is 19.7 Å². The van der Waals surface area contributed by atoms with E-state index < -0.39 is 0 Å². The van der Waals surface area contributed by atoms with E-state index in [0.717, 1.165) is 52.0 Å². The Hall–Kier alpha value is -3.88. The van der Waals surface area contributed by atoms with Crippen molar-refractivity contribution in [3.63, 3.8) is 0 Å². The molecular formula is C29H27N3O2. The molecule has 1 fully saturated rings. The van der Waals surface area contributed by atoms with E-state index in [1.54, 1.807) is 7.11 Å². The standard InChI is InChI=1S/C29H27N3O2/c1-19-17-32(18-20(2)34-19)24-13-11-23(12-14-24)27-16-31-28-25(5-4-6-26(28)29(27)33-3)22-9-7-21(15-30)8-10-22/h4-14,16,19-20H,17-18H2,1-3H3. The molecule has 0 saturated carbocycles. The highest BCUT2D eigenvalue weighted by molar-refractivity contribution is 6.00. The zero-order valence-corrected chi connectivity index (χ0v) is 19.7. The van der Waals surface area contributed by atoms with E-state index in [0.29, 0.717) is 5.56 Å². The Morgan fingerprint density at radius 2 is 1.56 bits per heavy atom. The first-order valence-corrected chi connectivity index (χ1v) is 11.5. The smallest absolute Gasteiger partial charge is 0.137 e. The fraction of sp³-hybridized carbons (Fsp3) is 0.241. The lowest BCUT2D eigenvalue weighted by atomic mass is 9.98. The van der Waals surface area contributed by atoms with Crippen LogP contribution in [-0.2, 0) is 4.74 Å². The van der Waals surface area contributed by atoms with E-state index >= 15 is 0 Å². The first-order chi connectivity index (χ1) is 16.6. The van der Waals surface area contributed by atoms with Crippen LogP contribution in [0.5, 0.6) is 5.75 Å². The van der Waals surface area contributed by atoms with Gasteiger partial charge < -0.3 is 14.4 Å². The third kappa shape index (κ3) is 4.09. The van der Waals surface area contributed by atoms with Crippen LogP contribution < -0.4 is 9.64 Å². The minimum atomic E-state index is 0.221. The van der Waals surface area contributed by atoms with Crippen LogP contribution in [0.2, 0.25) is 0 Å². The summed E-state index contributed by atoms with van der Waals surface area (Å²) >= 11 is 0. The molecule has 0 spiro atoms. The van der Waals surface area contributed by atoms with Crippen LogP contribution in [-0.4, -0.2) is 37.4 Å². The fourth-order valence-electron chi connectivity index (χ4n) is 4.82. The summed E-state index contributed by atoms with van der Waals surface area (Å²) in [5, 5.41) is 10.1. The summed E-state index contributed by atoms with van der Waals surface area (Å²) in [6.45, 7) is 6.02. The van der Waals surface area contributed by atoms with Crippen molar-refractivity contribution in [3.05, 3.63) is 78.5 Å². The van der Waals surface area contributed by atoms with Crippen molar-refractivity contribution in [2.24, 2.45) is 0 Å². The summed E-state index contributed by atoms with van der Waals surface area (Å²) in [5.74, 6) is 0.807. The Balaban J connectivity index is 1.52. The van der Waals surface area contributed by atoms with Gasteiger partial charge in [0.05, 0.1) is 36.5 Å². The number of aromatic nitrogens is 1. The van der Waals surface area contributed by atoms with Gasteiger partial charge in [-0.15, -0.1) is 0 Å². The van der Waals surface area contributed by atoms with E-state index in [1.807, 2.05) is 42.6 Å². The summed E-state index contributed by atoms with van der Waals surface area (Å²) in [6.07, 6.45) is 2.33. The molecule has 0 radical (unpaired) electrons. The summed E-state index contributed by atoms with van der Waals surface area (Å²) in [5.41, 5.74) is 6.77. The number of ether oxygens (including phenoxy) is 2. The first kappa shape index (κ1) is 21.9. The largest absolute Gasteiger partial charge is 0.495 e.